The van der Waals surface area contributed by atoms with Gasteiger partial charge < -0.3 is 17.8 Å². The van der Waals surface area contributed by atoms with Gasteiger partial charge >= 0.3 is 6.98 Å². The highest BCUT2D eigenvalue weighted by molar-refractivity contribution is 6.66. The van der Waals surface area contributed by atoms with Gasteiger partial charge in [0.05, 0.1) is 0 Å². The van der Waals surface area contributed by atoms with E-state index in [1.165, 1.54) is 25.7 Å². The Bertz CT molecular complexity index is 265. The number of likely N-dealkylation sites (tertiary alicyclic amines) is 1. The Morgan fingerprint density at radius 1 is 1.19 bits per heavy atom. The van der Waals surface area contributed by atoms with E-state index in [0.29, 0.717) is 11.8 Å². The maximum absolute atomic E-state index is 12.4. The summed E-state index contributed by atoms with van der Waals surface area (Å²) in [5.74, 6) is 1.25. The number of hydrogen-bond donors (Lipinski definition) is 0. The molecule has 0 N–H and O–H groups in total. The second kappa shape index (κ2) is 4.44. The van der Waals surface area contributed by atoms with Crippen LogP contribution in [0.5, 0.6) is 0 Å². The van der Waals surface area contributed by atoms with Crippen molar-refractivity contribution < 1.29 is 12.9 Å². The molecule has 2 atom stereocenters. The molecule has 0 amide bonds. The van der Waals surface area contributed by atoms with E-state index in [9.17, 15) is 12.9 Å². The molecule has 1 nitrogen and oxygen atoms in total. The van der Waals surface area contributed by atoms with Gasteiger partial charge in [-0.15, -0.1) is 12.1 Å². The van der Waals surface area contributed by atoms with Crippen molar-refractivity contribution in [1.82, 2.24) is 4.90 Å². The summed E-state index contributed by atoms with van der Waals surface area (Å²) in [6.45, 7) is 0.0155. The van der Waals surface area contributed by atoms with Crippen LogP contribution in [0, 0.1) is 11.8 Å². The van der Waals surface area contributed by atoms with Gasteiger partial charge in [0, 0.05) is 13.1 Å². The van der Waals surface area contributed by atoms with E-state index >= 15 is 0 Å². The summed E-state index contributed by atoms with van der Waals surface area (Å²) in [7, 11) is 0. The minimum absolute atomic E-state index is 0.0243. The molecule has 92 valence electrons. The van der Waals surface area contributed by atoms with Gasteiger partial charge in [-0.2, -0.15) is 0 Å². The smallest absolute Gasteiger partial charge is 0.445 e. The zero-order chi connectivity index (χ0) is 11.8. The molecule has 2 bridgehead atoms. The van der Waals surface area contributed by atoms with Crippen molar-refractivity contribution in [2.24, 2.45) is 11.8 Å². The first-order valence-corrected chi connectivity index (χ1v) is 6.05. The van der Waals surface area contributed by atoms with Crippen molar-refractivity contribution in [1.29, 1.82) is 0 Å². The molecular formula is C11H18BF3N-. The van der Waals surface area contributed by atoms with E-state index in [1.807, 2.05) is 4.90 Å². The first-order chi connectivity index (χ1) is 7.45. The van der Waals surface area contributed by atoms with Crippen molar-refractivity contribution in [3.63, 3.8) is 0 Å². The summed E-state index contributed by atoms with van der Waals surface area (Å²) < 4.78 is 37.3. The van der Waals surface area contributed by atoms with E-state index in [2.05, 4.69) is 6.58 Å². The largest absolute Gasteiger partial charge is 0.506 e. The minimum atomic E-state index is -4.85. The van der Waals surface area contributed by atoms with Crippen molar-refractivity contribution in [2.75, 3.05) is 19.6 Å². The molecule has 0 aromatic heterocycles. The Morgan fingerprint density at radius 2 is 1.75 bits per heavy atom. The van der Waals surface area contributed by atoms with E-state index in [1.54, 1.807) is 0 Å². The zero-order valence-electron chi connectivity index (χ0n) is 9.47. The van der Waals surface area contributed by atoms with Crippen LogP contribution in [0.15, 0.2) is 12.1 Å². The van der Waals surface area contributed by atoms with Crippen LogP contribution < -0.4 is 0 Å². The first-order valence-electron chi connectivity index (χ1n) is 6.05. The third kappa shape index (κ3) is 2.81. The third-order valence-electron chi connectivity index (χ3n) is 3.81. The number of piperidine rings is 1. The Morgan fingerprint density at radius 3 is 2.25 bits per heavy atom. The van der Waals surface area contributed by atoms with Crippen molar-refractivity contribution >= 4 is 6.98 Å². The molecule has 16 heavy (non-hydrogen) atoms. The van der Waals surface area contributed by atoms with E-state index in [0.717, 1.165) is 13.1 Å². The predicted octanol–water partition coefficient (Wildman–Crippen LogP) is 3.05. The molecule has 0 aromatic rings. The average molecular weight is 232 g/mol. The van der Waals surface area contributed by atoms with E-state index in [-0.39, 0.29) is 6.54 Å². The molecule has 0 radical (unpaired) electrons. The lowest BCUT2D eigenvalue weighted by Crippen LogP contribution is -2.44. The topological polar surface area (TPSA) is 3.24 Å². The van der Waals surface area contributed by atoms with Crippen LogP contribution in [-0.4, -0.2) is 31.5 Å². The number of fused-ring (bicyclic) bond motifs is 2. The zero-order valence-corrected chi connectivity index (χ0v) is 9.47. The lowest BCUT2D eigenvalue weighted by Gasteiger charge is -2.42. The fourth-order valence-electron chi connectivity index (χ4n) is 3.06. The van der Waals surface area contributed by atoms with Crippen LogP contribution >= 0.6 is 0 Å². The molecule has 1 saturated carbocycles. The van der Waals surface area contributed by atoms with Crippen LogP contribution in [0.25, 0.3) is 0 Å². The van der Waals surface area contributed by atoms with Crippen molar-refractivity contribution in [3.8, 4) is 0 Å². The number of halogens is 3. The van der Waals surface area contributed by atoms with Crippen molar-refractivity contribution in [2.45, 2.75) is 25.7 Å². The monoisotopic (exact) mass is 232 g/mol. The first kappa shape index (κ1) is 12.0. The Hall–Kier alpha value is -0.445. The summed E-state index contributed by atoms with van der Waals surface area (Å²) in [6.07, 6.45) is 4.86. The molecule has 2 aliphatic rings. The summed E-state index contributed by atoms with van der Waals surface area (Å²) in [5.41, 5.74) is -0.542. The Balaban J connectivity index is 1.89. The lowest BCUT2D eigenvalue weighted by atomic mass is 9.76. The fourth-order valence-corrected chi connectivity index (χ4v) is 3.06. The maximum atomic E-state index is 12.4. The van der Waals surface area contributed by atoms with Crippen LogP contribution in [-0.2, 0) is 0 Å². The van der Waals surface area contributed by atoms with Crippen LogP contribution in [0.2, 0.25) is 0 Å². The molecule has 1 heterocycles. The summed E-state index contributed by atoms with van der Waals surface area (Å²) in [4.78, 5) is 1.95. The molecule has 1 aliphatic carbocycles. The summed E-state index contributed by atoms with van der Waals surface area (Å²) in [6, 6.07) is 0. The lowest BCUT2D eigenvalue weighted by molar-refractivity contribution is 0.0939. The van der Waals surface area contributed by atoms with Gasteiger partial charge in [-0.3, -0.25) is 0 Å². The SMILES string of the molecule is C=C(CN1CC2CCCC(C2)C1)[B-](F)(F)F. The molecule has 1 saturated heterocycles. The molecular weight excluding hydrogens is 214 g/mol. The van der Waals surface area contributed by atoms with Gasteiger partial charge in [-0.25, -0.2) is 0 Å². The second-order valence-corrected chi connectivity index (χ2v) is 5.33. The normalized spacial score (nSPS) is 31.4. The Labute approximate surface area is 94.7 Å². The predicted molar refractivity (Wildman–Crippen MR) is 60.1 cm³/mol. The average Bonchev–Trinajstić information content (AvgIpc) is 2.15. The van der Waals surface area contributed by atoms with Crippen LogP contribution in [0.4, 0.5) is 12.9 Å². The molecule has 5 heteroatoms. The van der Waals surface area contributed by atoms with Gasteiger partial charge in [0.25, 0.3) is 0 Å². The van der Waals surface area contributed by atoms with Gasteiger partial charge in [0.15, 0.2) is 0 Å². The number of hydrogen-bond acceptors (Lipinski definition) is 1. The highest BCUT2D eigenvalue weighted by Gasteiger charge is 2.33. The summed E-state index contributed by atoms with van der Waals surface area (Å²) >= 11 is 0. The van der Waals surface area contributed by atoms with Crippen LogP contribution in [0.1, 0.15) is 25.7 Å². The van der Waals surface area contributed by atoms with Gasteiger partial charge in [-0.1, -0.05) is 6.42 Å². The van der Waals surface area contributed by atoms with E-state index < -0.39 is 12.4 Å². The second-order valence-electron chi connectivity index (χ2n) is 5.33. The molecule has 2 fully saturated rings. The molecule has 1 aliphatic heterocycles. The maximum Gasteiger partial charge on any atom is 0.506 e. The molecule has 0 aromatic carbocycles. The van der Waals surface area contributed by atoms with Crippen LogP contribution in [0.3, 0.4) is 0 Å². The van der Waals surface area contributed by atoms with Gasteiger partial charge in [-0.05, 0) is 37.6 Å². The highest BCUT2D eigenvalue weighted by Crippen LogP contribution is 2.35. The third-order valence-corrected chi connectivity index (χ3v) is 3.81. The van der Waals surface area contributed by atoms with Gasteiger partial charge in [0.2, 0.25) is 0 Å². The number of rotatable bonds is 3. The Kier molecular flexibility index (Phi) is 3.33. The minimum Gasteiger partial charge on any atom is -0.445 e. The quantitative estimate of drug-likeness (QED) is 0.676. The number of nitrogens with zero attached hydrogens (tertiary/aromatic N) is 1. The molecule has 2 unspecified atom stereocenters. The van der Waals surface area contributed by atoms with Crippen molar-refractivity contribution in [3.05, 3.63) is 12.1 Å². The van der Waals surface area contributed by atoms with E-state index in [4.69, 9.17) is 0 Å². The molecule has 0 spiro atoms. The standard InChI is InChI=1S/C11H18BF3N/c1-9(12(13,14)15)6-16-7-10-3-2-4-11(5-10)8-16/h10-11H,1-8H2/q-1. The highest BCUT2D eigenvalue weighted by atomic mass is 19.4. The van der Waals surface area contributed by atoms with Gasteiger partial charge in [0.1, 0.15) is 0 Å². The molecule has 2 rings (SSSR count). The summed E-state index contributed by atoms with van der Waals surface area (Å²) in [5, 5.41) is 0. The fraction of sp³-hybridized carbons (Fsp3) is 0.818.